The van der Waals surface area contributed by atoms with Crippen LogP contribution in [0.1, 0.15) is 56.9 Å². The Morgan fingerprint density at radius 2 is 1.75 bits per heavy atom. The van der Waals surface area contributed by atoms with E-state index in [9.17, 15) is 10.1 Å². The fourth-order valence-corrected chi connectivity index (χ4v) is 7.52. The highest BCUT2D eigenvalue weighted by molar-refractivity contribution is 5.96. The fraction of sp³-hybridized carbons (Fsp3) is 0.463. The molecule has 3 aliphatic heterocycles. The molecule has 2 fully saturated rings. The van der Waals surface area contributed by atoms with Gasteiger partial charge in [0.1, 0.15) is 30.4 Å². The number of rotatable bonds is 9. The summed E-state index contributed by atoms with van der Waals surface area (Å²) in [6.45, 7) is 10.5. The lowest BCUT2D eigenvalue weighted by Gasteiger charge is -2.42. The van der Waals surface area contributed by atoms with Crippen molar-refractivity contribution in [1.29, 1.82) is 5.26 Å². The molecule has 0 aliphatic carbocycles. The third kappa shape index (κ3) is 8.02. The molecule has 3 aromatic carbocycles. The molecule has 0 spiro atoms. The number of likely N-dealkylation sites (tertiary alicyclic amines) is 1. The number of hydrogen-bond acceptors (Lipinski definition) is 10. The van der Waals surface area contributed by atoms with Crippen LogP contribution in [0.25, 0.3) is 10.8 Å². The third-order valence-corrected chi connectivity index (χ3v) is 10.2. The molecular formula is C41H49N7O4. The Balaban J connectivity index is 1.19. The summed E-state index contributed by atoms with van der Waals surface area (Å²) in [5.41, 5.74) is 3.61. The first-order chi connectivity index (χ1) is 25.1. The topological polar surface area (TPSA) is 107 Å². The van der Waals surface area contributed by atoms with Crippen molar-refractivity contribution in [3.8, 4) is 17.8 Å². The van der Waals surface area contributed by atoms with Crippen LogP contribution in [0, 0.1) is 11.3 Å². The SMILES string of the molecule is CN1CCCC1COc1nc2c(c(N3CCN(C(=O)OC(C)(C)C)C(CC#N)C3)n1)CCN(c1cc(OCc3ccccc3)cc3ccccc13)C2. The van der Waals surface area contributed by atoms with E-state index in [1.165, 1.54) is 0 Å². The van der Waals surface area contributed by atoms with Crippen LogP contribution in [-0.4, -0.2) is 89.9 Å². The van der Waals surface area contributed by atoms with Crippen LogP contribution >= 0.6 is 0 Å². The van der Waals surface area contributed by atoms with E-state index in [0.29, 0.717) is 51.4 Å². The number of hydrogen-bond donors (Lipinski definition) is 0. The van der Waals surface area contributed by atoms with Crippen molar-refractivity contribution in [2.45, 2.75) is 77.3 Å². The number of benzene rings is 3. The number of piperazine rings is 1. The summed E-state index contributed by atoms with van der Waals surface area (Å²) in [7, 11) is 2.14. The summed E-state index contributed by atoms with van der Waals surface area (Å²) in [4.78, 5) is 31.9. The molecule has 52 heavy (non-hydrogen) atoms. The molecule has 2 unspecified atom stereocenters. The molecule has 1 aromatic heterocycles. The van der Waals surface area contributed by atoms with Crippen LogP contribution in [-0.2, 0) is 24.3 Å². The lowest BCUT2D eigenvalue weighted by atomic mass is 10.0. The van der Waals surface area contributed by atoms with Gasteiger partial charge in [-0.15, -0.1) is 0 Å². The number of carbonyl (C=O) groups is 1. The fourth-order valence-electron chi connectivity index (χ4n) is 7.52. The Bertz CT molecular complexity index is 1920. The van der Waals surface area contributed by atoms with Crippen molar-refractivity contribution in [3.63, 3.8) is 0 Å². The number of aromatic nitrogens is 2. The number of anilines is 2. The quantitative estimate of drug-likeness (QED) is 0.190. The van der Waals surface area contributed by atoms with Gasteiger partial charge in [0, 0.05) is 54.9 Å². The van der Waals surface area contributed by atoms with Crippen LogP contribution < -0.4 is 19.3 Å². The summed E-state index contributed by atoms with van der Waals surface area (Å²) in [6, 6.07) is 25.6. The van der Waals surface area contributed by atoms with E-state index in [2.05, 4.69) is 76.3 Å². The summed E-state index contributed by atoms with van der Waals surface area (Å²) < 4.78 is 18.5. The van der Waals surface area contributed by atoms with Gasteiger partial charge < -0.3 is 33.8 Å². The maximum Gasteiger partial charge on any atom is 0.410 e. The number of fused-ring (bicyclic) bond motifs is 2. The smallest absolute Gasteiger partial charge is 0.410 e. The average molecular weight is 704 g/mol. The Morgan fingerprint density at radius 1 is 0.942 bits per heavy atom. The molecule has 2 saturated heterocycles. The van der Waals surface area contributed by atoms with Gasteiger partial charge in [0.2, 0.25) is 0 Å². The van der Waals surface area contributed by atoms with E-state index in [-0.39, 0.29) is 18.6 Å². The van der Waals surface area contributed by atoms with Crippen molar-refractivity contribution in [2.24, 2.45) is 0 Å². The van der Waals surface area contributed by atoms with Crippen LogP contribution in [0.4, 0.5) is 16.3 Å². The molecule has 11 nitrogen and oxygen atoms in total. The maximum atomic E-state index is 13.2. The van der Waals surface area contributed by atoms with Gasteiger partial charge in [-0.1, -0.05) is 54.6 Å². The van der Waals surface area contributed by atoms with Gasteiger partial charge in [0.15, 0.2) is 0 Å². The molecule has 1 amide bonds. The van der Waals surface area contributed by atoms with Gasteiger partial charge in [-0.05, 0) is 70.6 Å². The van der Waals surface area contributed by atoms with E-state index in [0.717, 1.165) is 77.2 Å². The molecule has 0 saturated carbocycles. The zero-order valence-corrected chi connectivity index (χ0v) is 30.8. The van der Waals surface area contributed by atoms with Crippen molar-refractivity contribution in [2.75, 3.05) is 56.2 Å². The van der Waals surface area contributed by atoms with E-state index in [1.807, 2.05) is 39.0 Å². The van der Waals surface area contributed by atoms with Gasteiger partial charge in [0.05, 0.1) is 30.8 Å². The lowest BCUT2D eigenvalue weighted by Crippen LogP contribution is -2.56. The second-order valence-corrected chi connectivity index (χ2v) is 15.1. The maximum absolute atomic E-state index is 13.2. The molecule has 0 bridgehead atoms. The number of ether oxygens (including phenoxy) is 3. The van der Waals surface area contributed by atoms with E-state index in [1.54, 1.807) is 4.90 Å². The molecule has 11 heteroatoms. The summed E-state index contributed by atoms with van der Waals surface area (Å²) in [5, 5.41) is 12.0. The predicted molar refractivity (Wildman–Crippen MR) is 202 cm³/mol. The second kappa shape index (κ2) is 15.3. The number of amides is 1. The van der Waals surface area contributed by atoms with Gasteiger partial charge in [0.25, 0.3) is 0 Å². The molecule has 272 valence electrons. The first kappa shape index (κ1) is 35.3. The van der Waals surface area contributed by atoms with Crippen LogP contribution in [0.2, 0.25) is 0 Å². The Morgan fingerprint density at radius 3 is 2.52 bits per heavy atom. The Hall–Kier alpha value is -5.08. The van der Waals surface area contributed by atoms with Gasteiger partial charge in [-0.3, -0.25) is 0 Å². The zero-order valence-electron chi connectivity index (χ0n) is 30.8. The standard InChI is InChI=1S/C41H49N7O4/c1-41(2,3)52-40(49)48-22-21-47(25-31(48)16-18-42)38-35-17-20-46(26-36(35)43-39(44-38)51-28-32-14-10-19-45(32)4)37-24-33(23-30-13-8-9-15-34(30)37)50-27-29-11-6-5-7-12-29/h5-9,11-13,15,23-24,31-32H,10,14,16-17,19-22,25-28H2,1-4H3. The lowest BCUT2D eigenvalue weighted by molar-refractivity contribution is 0.0144. The number of nitriles is 1. The molecule has 0 N–H and O–H groups in total. The van der Waals surface area contributed by atoms with Crippen molar-refractivity contribution in [3.05, 3.63) is 83.6 Å². The molecule has 4 aromatic rings. The first-order valence-electron chi connectivity index (χ1n) is 18.4. The van der Waals surface area contributed by atoms with Crippen LogP contribution in [0.15, 0.2) is 66.7 Å². The Kier molecular flexibility index (Phi) is 10.4. The van der Waals surface area contributed by atoms with E-state index < -0.39 is 5.60 Å². The second-order valence-electron chi connectivity index (χ2n) is 15.1. The molecule has 7 rings (SSSR count). The predicted octanol–water partition coefficient (Wildman–Crippen LogP) is 6.58. The highest BCUT2D eigenvalue weighted by Crippen LogP contribution is 2.37. The number of carbonyl (C=O) groups excluding carboxylic acids is 1. The zero-order chi connectivity index (χ0) is 36.2. The third-order valence-electron chi connectivity index (χ3n) is 10.2. The summed E-state index contributed by atoms with van der Waals surface area (Å²) in [5.74, 6) is 1.65. The summed E-state index contributed by atoms with van der Waals surface area (Å²) >= 11 is 0. The normalized spacial score (nSPS) is 19.3. The molecule has 4 heterocycles. The van der Waals surface area contributed by atoms with Crippen LogP contribution in [0.5, 0.6) is 11.8 Å². The summed E-state index contributed by atoms with van der Waals surface area (Å²) in [6.07, 6.45) is 2.78. The monoisotopic (exact) mass is 703 g/mol. The molecule has 2 atom stereocenters. The molecular weight excluding hydrogens is 654 g/mol. The minimum Gasteiger partial charge on any atom is -0.489 e. The Labute approximate surface area is 306 Å². The highest BCUT2D eigenvalue weighted by atomic mass is 16.6. The number of likely N-dealkylation sites (N-methyl/N-ethyl adjacent to an activating group) is 1. The van der Waals surface area contributed by atoms with Crippen LogP contribution in [0.3, 0.4) is 0 Å². The largest absolute Gasteiger partial charge is 0.489 e. The minimum atomic E-state index is -0.624. The number of nitrogens with zero attached hydrogens (tertiary/aromatic N) is 7. The molecule has 0 radical (unpaired) electrons. The van der Waals surface area contributed by atoms with Gasteiger partial charge in [-0.2, -0.15) is 15.2 Å². The first-order valence-corrected chi connectivity index (χ1v) is 18.4. The van der Waals surface area contributed by atoms with Crippen molar-refractivity contribution >= 4 is 28.4 Å². The van der Waals surface area contributed by atoms with Gasteiger partial charge >= 0.3 is 12.1 Å². The van der Waals surface area contributed by atoms with Crippen molar-refractivity contribution in [1.82, 2.24) is 19.8 Å². The molecule has 3 aliphatic rings. The van der Waals surface area contributed by atoms with Gasteiger partial charge in [-0.25, -0.2) is 4.79 Å². The van der Waals surface area contributed by atoms with Crippen molar-refractivity contribution < 1.29 is 19.0 Å². The highest BCUT2D eigenvalue weighted by Gasteiger charge is 2.36. The minimum absolute atomic E-state index is 0.198. The van der Waals surface area contributed by atoms with E-state index in [4.69, 9.17) is 24.2 Å². The van der Waals surface area contributed by atoms with E-state index >= 15 is 0 Å². The average Bonchev–Trinajstić information content (AvgIpc) is 3.56.